The van der Waals surface area contributed by atoms with Crippen LogP contribution in [0.15, 0.2) is 30.3 Å². The fourth-order valence-corrected chi connectivity index (χ4v) is 2.42. The minimum absolute atomic E-state index is 0.179. The Morgan fingerprint density at radius 3 is 1.81 bits per heavy atom. The van der Waals surface area contributed by atoms with Crippen molar-refractivity contribution in [3.63, 3.8) is 0 Å². The van der Waals surface area contributed by atoms with Gasteiger partial charge in [0.15, 0.2) is 0 Å². The van der Waals surface area contributed by atoms with Gasteiger partial charge in [-0.05, 0) is 18.4 Å². The number of carbonyl (C=O) groups excluding carboxylic acids is 2. The number of unbranched alkanes of at least 4 members (excludes halogenated alkanes) is 2. The van der Waals surface area contributed by atoms with Crippen LogP contribution < -0.4 is 0 Å². The van der Waals surface area contributed by atoms with E-state index in [4.69, 9.17) is 9.47 Å². The quantitative estimate of drug-likeness (QED) is 0.370. The molecule has 0 radical (unpaired) electrons. The van der Waals surface area contributed by atoms with Crippen LogP contribution in [0.2, 0.25) is 0 Å². The van der Waals surface area contributed by atoms with Crippen LogP contribution in [0.25, 0.3) is 0 Å². The van der Waals surface area contributed by atoms with Crippen LogP contribution in [0.1, 0.15) is 57.9 Å². The number of hydrogen-bond acceptors (Lipinski definition) is 5. The number of ether oxygens (including phenoxy) is 2. The molecule has 1 aromatic carbocycles. The fraction of sp³-hybridized carbons (Fsp3) is 0.619. The summed E-state index contributed by atoms with van der Waals surface area (Å²) in [6.45, 7) is 6.94. The van der Waals surface area contributed by atoms with Crippen LogP contribution in [0.3, 0.4) is 0 Å². The standard InChI is InChI=1S/C21H33NO4/c1-3-5-16-25-20(23)12-14-22(18-19-10-8-7-9-11-19)15-13-21(24)26-17-6-4-2/h7-11H,3-6,12-18H2,1-2H3. The van der Waals surface area contributed by atoms with E-state index in [1.807, 2.05) is 30.3 Å². The molecular formula is C21H33NO4. The minimum atomic E-state index is -0.179. The molecule has 0 atom stereocenters. The van der Waals surface area contributed by atoms with Gasteiger partial charge in [0.05, 0.1) is 26.1 Å². The lowest BCUT2D eigenvalue weighted by Gasteiger charge is -2.21. The van der Waals surface area contributed by atoms with E-state index in [2.05, 4.69) is 18.7 Å². The van der Waals surface area contributed by atoms with Gasteiger partial charge >= 0.3 is 11.9 Å². The molecule has 0 saturated carbocycles. The molecule has 0 aliphatic heterocycles. The number of carbonyl (C=O) groups is 2. The Hall–Kier alpha value is -1.88. The van der Waals surface area contributed by atoms with E-state index in [0.29, 0.717) is 45.7 Å². The second-order valence-corrected chi connectivity index (χ2v) is 6.41. The molecule has 1 aromatic rings. The second kappa shape index (κ2) is 14.3. The molecular weight excluding hydrogens is 330 g/mol. The maximum atomic E-state index is 11.8. The molecule has 0 spiro atoms. The molecule has 5 nitrogen and oxygen atoms in total. The highest BCUT2D eigenvalue weighted by Crippen LogP contribution is 2.07. The van der Waals surface area contributed by atoms with Crippen molar-refractivity contribution in [1.82, 2.24) is 4.90 Å². The molecule has 0 heterocycles. The van der Waals surface area contributed by atoms with Gasteiger partial charge < -0.3 is 9.47 Å². The van der Waals surface area contributed by atoms with Gasteiger partial charge in [0.2, 0.25) is 0 Å². The summed E-state index contributed by atoms with van der Waals surface area (Å²) in [7, 11) is 0. The van der Waals surface area contributed by atoms with Gasteiger partial charge in [0, 0.05) is 19.6 Å². The molecule has 5 heteroatoms. The van der Waals surface area contributed by atoms with Gasteiger partial charge in [0.1, 0.15) is 0 Å². The highest BCUT2D eigenvalue weighted by Gasteiger charge is 2.12. The molecule has 0 amide bonds. The molecule has 26 heavy (non-hydrogen) atoms. The maximum absolute atomic E-state index is 11.8. The molecule has 0 N–H and O–H groups in total. The molecule has 0 aromatic heterocycles. The third kappa shape index (κ3) is 10.9. The zero-order valence-electron chi connectivity index (χ0n) is 16.2. The lowest BCUT2D eigenvalue weighted by Crippen LogP contribution is -2.29. The van der Waals surface area contributed by atoms with Gasteiger partial charge in [-0.3, -0.25) is 14.5 Å². The largest absolute Gasteiger partial charge is 0.466 e. The zero-order chi connectivity index (χ0) is 19.0. The lowest BCUT2D eigenvalue weighted by molar-refractivity contribution is -0.144. The van der Waals surface area contributed by atoms with Crippen LogP contribution in [0.4, 0.5) is 0 Å². The third-order valence-electron chi connectivity index (χ3n) is 4.04. The summed E-state index contributed by atoms with van der Waals surface area (Å²) in [5.41, 5.74) is 1.16. The van der Waals surface area contributed by atoms with Gasteiger partial charge in [-0.2, -0.15) is 0 Å². The van der Waals surface area contributed by atoms with Crippen molar-refractivity contribution >= 4 is 11.9 Å². The number of hydrogen-bond donors (Lipinski definition) is 0. The predicted molar refractivity (Wildman–Crippen MR) is 103 cm³/mol. The number of rotatable bonds is 14. The van der Waals surface area contributed by atoms with Crippen LogP contribution in [-0.2, 0) is 25.6 Å². The van der Waals surface area contributed by atoms with Crippen LogP contribution >= 0.6 is 0 Å². The SMILES string of the molecule is CCCCOC(=O)CCN(CCC(=O)OCCCC)Cc1ccccc1. The third-order valence-corrected chi connectivity index (χ3v) is 4.04. The highest BCUT2D eigenvalue weighted by atomic mass is 16.5. The van der Waals surface area contributed by atoms with E-state index in [0.717, 1.165) is 31.2 Å². The number of nitrogens with zero attached hydrogens (tertiary/aromatic N) is 1. The first-order chi connectivity index (χ1) is 12.7. The molecule has 0 bridgehead atoms. The molecule has 0 unspecified atom stereocenters. The Morgan fingerprint density at radius 2 is 1.35 bits per heavy atom. The van der Waals surface area contributed by atoms with Crippen LogP contribution in [-0.4, -0.2) is 43.1 Å². The molecule has 0 aliphatic rings. The monoisotopic (exact) mass is 363 g/mol. The van der Waals surface area contributed by atoms with Gasteiger partial charge in [-0.1, -0.05) is 57.0 Å². The summed E-state index contributed by atoms with van der Waals surface area (Å²) >= 11 is 0. The molecule has 0 aliphatic carbocycles. The molecule has 146 valence electrons. The zero-order valence-corrected chi connectivity index (χ0v) is 16.2. The Balaban J connectivity index is 2.45. The minimum Gasteiger partial charge on any atom is -0.466 e. The highest BCUT2D eigenvalue weighted by molar-refractivity contribution is 5.70. The Kier molecular flexibility index (Phi) is 12.2. The van der Waals surface area contributed by atoms with E-state index in [-0.39, 0.29) is 11.9 Å². The average molecular weight is 363 g/mol. The Labute approximate surface area is 157 Å². The van der Waals surface area contributed by atoms with Crippen molar-refractivity contribution in [1.29, 1.82) is 0 Å². The van der Waals surface area contributed by atoms with Gasteiger partial charge in [-0.15, -0.1) is 0 Å². The summed E-state index contributed by atoms with van der Waals surface area (Å²) < 4.78 is 10.4. The molecule has 0 saturated heterocycles. The first-order valence-electron chi connectivity index (χ1n) is 9.73. The number of esters is 2. The summed E-state index contributed by atoms with van der Waals surface area (Å²) in [6.07, 6.45) is 4.47. The van der Waals surface area contributed by atoms with Crippen molar-refractivity contribution in [2.75, 3.05) is 26.3 Å². The molecule has 1 rings (SSSR count). The Morgan fingerprint density at radius 1 is 0.846 bits per heavy atom. The summed E-state index contributed by atoms with van der Waals surface area (Å²) in [6, 6.07) is 10.1. The Bertz CT molecular complexity index is 478. The summed E-state index contributed by atoms with van der Waals surface area (Å²) in [5, 5.41) is 0. The second-order valence-electron chi connectivity index (χ2n) is 6.41. The van der Waals surface area contributed by atoms with Crippen LogP contribution in [0.5, 0.6) is 0 Å². The fourth-order valence-electron chi connectivity index (χ4n) is 2.42. The topological polar surface area (TPSA) is 55.8 Å². The summed E-state index contributed by atoms with van der Waals surface area (Å²) in [5.74, 6) is -0.357. The smallest absolute Gasteiger partial charge is 0.307 e. The van der Waals surface area contributed by atoms with Crippen molar-refractivity contribution < 1.29 is 19.1 Å². The van der Waals surface area contributed by atoms with E-state index in [1.54, 1.807) is 0 Å². The maximum Gasteiger partial charge on any atom is 0.307 e. The first-order valence-corrected chi connectivity index (χ1v) is 9.73. The first kappa shape index (κ1) is 22.2. The van der Waals surface area contributed by atoms with Crippen LogP contribution in [0, 0.1) is 0 Å². The van der Waals surface area contributed by atoms with Gasteiger partial charge in [-0.25, -0.2) is 0 Å². The number of benzene rings is 1. The van der Waals surface area contributed by atoms with Crippen molar-refractivity contribution in [2.45, 2.75) is 58.9 Å². The van der Waals surface area contributed by atoms with Gasteiger partial charge in [0.25, 0.3) is 0 Å². The van der Waals surface area contributed by atoms with E-state index in [1.165, 1.54) is 0 Å². The van der Waals surface area contributed by atoms with Crippen molar-refractivity contribution in [3.8, 4) is 0 Å². The average Bonchev–Trinajstić information content (AvgIpc) is 2.65. The lowest BCUT2D eigenvalue weighted by atomic mass is 10.2. The predicted octanol–water partition coefficient (Wildman–Crippen LogP) is 3.96. The van der Waals surface area contributed by atoms with Crippen molar-refractivity contribution in [3.05, 3.63) is 35.9 Å². The van der Waals surface area contributed by atoms with E-state index in [9.17, 15) is 9.59 Å². The van der Waals surface area contributed by atoms with Crippen molar-refractivity contribution in [2.24, 2.45) is 0 Å². The summed E-state index contributed by atoms with van der Waals surface area (Å²) in [4.78, 5) is 25.8. The van der Waals surface area contributed by atoms with E-state index < -0.39 is 0 Å². The molecule has 0 fully saturated rings. The van der Waals surface area contributed by atoms with E-state index >= 15 is 0 Å². The normalized spacial score (nSPS) is 10.7.